The Morgan fingerprint density at radius 3 is 2.21 bits per heavy atom. The van der Waals surface area contributed by atoms with E-state index in [1.807, 2.05) is 27.7 Å². The zero-order valence-corrected chi connectivity index (χ0v) is 9.44. The summed E-state index contributed by atoms with van der Waals surface area (Å²) in [6.07, 6.45) is 2.32. The zero-order chi connectivity index (χ0) is 10.9. The monoisotopic (exact) mass is 194 g/mol. The SMILES string of the molecule is CC1=C(C(=O)C(C)(C)C)C(=O)CCC1. The van der Waals surface area contributed by atoms with Crippen molar-refractivity contribution < 1.29 is 9.59 Å². The van der Waals surface area contributed by atoms with Crippen LogP contribution in [0.5, 0.6) is 0 Å². The van der Waals surface area contributed by atoms with E-state index in [1.54, 1.807) is 0 Å². The summed E-state index contributed by atoms with van der Waals surface area (Å²) in [6, 6.07) is 0. The second-order valence-corrected chi connectivity index (χ2v) is 5.01. The van der Waals surface area contributed by atoms with Crippen molar-refractivity contribution >= 4 is 11.6 Å². The molecule has 0 heterocycles. The quantitative estimate of drug-likeness (QED) is 0.601. The Morgan fingerprint density at radius 1 is 1.21 bits per heavy atom. The normalized spacial score (nSPS) is 18.7. The van der Waals surface area contributed by atoms with Gasteiger partial charge in [0.25, 0.3) is 0 Å². The average Bonchev–Trinajstić information content (AvgIpc) is 2.01. The van der Waals surface area contributed by atoms with Crippen molar-refractivity contribution in [3.05, 3.63) is 11.1 Å². The highest BCUT2D eigenvalue weighted by Crippen LogP contribution is 2.28. The van der Waals surface area contributed by atoms with Crippen LogP contribution in [0, 0.1) is 5.41 Å². The molecule has 0 bridgehead atoms. The van der Waals surface area contributed by atoms with Gasteiger partial charge in [0.05, 0.1) is 5.57 Å². The van der Waals surface area contributed by atoms with E-state index < -0.39 is 5.41 Å². The number of hydrogen-bond acceptors (Lipinski definition) is 2. The standard InChI is InChI=1S/C12H18O2/c1-8-6-5-7-9(13)10(8)11(14)12(2,3)4/h5-7H2,1-4H3. The maximum absolute atomic E-state index is 12.0. The van der Waals surface area contributed by atoms with Crippen LogP contribution in [0.2, 0.25) is 0 Å². The predicted molar refractivity (Wildman–Crippen MR) is 56.0 cm³/mol. The number of carbonyl (C=O) groups is 2. The van der Waals surface area contributed by atoms with Gasteiger partial charge in [0.1, 0.15) is 0 Å². The Morgan fingerprint density at radius 2 is 1.79 bits per heavy atom. The van der Waals surface area contributed by atoms with E-state index in [-0.39, 0.29) is 11.6 Å². The first-order chi connectivity index (χ1) is 6.34. The van der Waals surface area contributed by atoms with E-state index >= 15 is 0 Å². The molecule has 1 aliphatic rings. The van der Waals surface area contributed by atoms with Gasteiger partial charge in [0.15, 0.2) is 11.6 Å². The maximum atomic E-state index is 12.0. The van der Waals surface area contributed by atoms with Crippen molar-refractivity contribution in [1.29, 1.82) is 0 Å². The highest BCUT2D eigenvalue weighted by atomic mass is 16.1. The second kappa shape index (κ2) is 3.68. The molecule has 0 aromatic heterocycles. The maximum Gasteiger partial charge on any atom is 0.171 e. The van der Waals surface area contributed by atoms with Gasteiger partial charge in [-0.1, -0.05) is 26.3 Å². The van der Waals surface area contributed by atoms with Gasteiger partial charge < -0.3 is 0 Å². The van der Waals surface area contributed by atoms with Crippen LogP contribution in [-0.2, 0) is 9.59 Å². The molecule has 2 heteroatoms. The third-order valence-corrected chi connectivity index (χ3v) is 2.57. The number of hydrogen-bond donors (Lipinski definition) is 0. The van der Waals surface area contributed by atoms with Gasteiger partial charge in [-0.2, -0.15) is 0 Å². The number of rotatable bonds is 1. The van der Waals surface area contributed by atoms with Gasteiger partial charge in [-0.3, -0.25) is 9.59 Å². The summed E-state index contributed by atoms with van der Waals surface area (Å²) < 4.78 is 0. The topological polar surface area (TPSA) is 34.1 Å². The Bertz CT molecular complexity index is 303. The lowest BCUT2D eigenvalue weighted by Gasteiger charge is -2.22. The molecule has 0 spiro atoms. The Labute approximate surface area is 85.4 Å². The van der Waals surface area contributed by atoms with E-state index in [9.17, 15) is 9.59 Å². The van der Waals surface area contributed by atoms with Gasteiger partial charge in [-0.05, 0) is 19.8 Å². The number of Topliss-reactive ketones (excluding diaryl/α,β-unsaturated/α-hetero) is 2. The minimum Gasteiger partial charge on any atom is -0.294 e. The summed E-state index contributed by atoms with van der Waals surface area (Å²) in [5.41, 5.74) is 1.01. The van der Waals surface area contributed by atoms with Crippen LogP contribution in [0.1, 0.15) is 47.0 Å². The highest BCUT2D eigenvalue weighted by Gasteiger charge is 2.31. The largest absolute Gasteiger partial charge is 0.294 e. The number of allylic oxidation sites excluding steroid dienone is 2. The lowest BCUT2D eigenvalue weighted by molar-refractivity contribution is -0.126. The van der Waals surface area contributed by atoms with E-state index in [0.29, 0.717) is 12.0 Å². The molecule has 0 aliphatic heterocycles. The first-order valence-electron chi connectivity index (χ1n) is 5.12. The Balaban J connectivity index is 3.07. The molecular weight excluding hydrogens is 176 g/mol. The van der Waals surface area contributed by atoms with Gasteiger partial charge in [0.2, 0.25) is 0 Å². The second-order valence-electron chi connectivity index (χ2n) is 5.01. The molecule has 78 valence electrons. The number of carbonyl (C=O) groups excluding carboxylic acids is 2. The fourth-order valence-corrected chi connectivity index (χ4v) is 1.70. The highest BCUT2D eigenvalue weighted by molar-refractivity contribution is 6.22. The van der Waals surface area contributed by atoms with Crippen LogP contribution in [0.3, 0.4) is 0 Å². The van der Waals surface area contributed by atoms with E-state index in [1.165, 1.54) is 0 Å². The molecule has 0 radical (unpaired) electrons. The average molecular weight is 194 g/mol. The molecule has 14 heavy (non-hydrogen) atoms. The predicted octanol–water partition coefficient (Wildman–Crippen LogP) is 2.67. The van der Waals surface area contributed by atoms with E-state index in [4.69, 9.17) is 0 Å². The van der Waals surface area contributed by atoms with Crippen molar-refractivity contribution in [2.75, 3.05) is 0 Å². The van der Waals surface area contributed by atoms with Gasteiger partial charge in [0, 0.05) is 11.8 Å². The molecule has 0 atom stereocenters. The van der Waals surface area contributed by atoms with Crippen molar-refractivity contribution in [2.24, 2.45) is 5.41 Å². The molecule has 1 aliphatic carbocycles. The van der Waals surface area contributed by atoms with Gasteiger partial charge in [-0.25, -0.2) is 0 Å². The molecule has 2 nitrogen and oxygen atoms in total. The van der Waals surface area contributed by atoms with Crippen molar-refractivity contribution in [2.45, 2.75) is 47.0 Å². The molecule has 0 saturated heterocycles. The smallest absolute Gasteiger partial charge is 0.171 e. The summed E-state index contributed by atoms with van der Waals surface area (Å²) in [4.78, 5) is 23.6. The minimum atomic E-state index is -0.441. The summed E-state index contributed by atoms with van der Waals surface area (Å²) in [7, 11) is 0. The van der Waals surface area contributed by atoms with Gasteiger partial charge >= 0.3 is 0 Å². The first-order valence-corrected chi connectivity index (χ1v) is 5.12. The molecule has 0 aromatic carbocycles. The fourth-order valence-electron chi connectivity index (χ4n) is 1.70. The molecule has 0 fully saturated rings. The summed E-state index contributed by atoms with van der Waals surface area (Å²) in [5, 5.41) is 0. The molecule has 1 rings (SSSR count). The third kappa shape index (κ3) is 2.11. The van der Waals surface area contributed by atoms with Crippen LogP contribution in [0.15, 0.2) is 11.1 Å². The third-order valence-electron chi connectivity index (χ3n) is 2.57. The van der Waals surface area contributed by atoms with Crippen LogP contribution in [0.25, 0.3) is 0 Å². The zero-order valence-electron chi connectivity index (χ0n) is 9.44. The lowest BCUT2D eigenvalue weighted by Crippen LogP contribution is -2.28. The van der Waals surface area contributed by atoms with Crippen LogP contribution >= 0.6 is 0 Å². The van der Waals surface area contributed by atoms with Crippen molar-refractivity contribution in [3.63, 3.8) is 0 Å². The van der Waals surface area contributed by atoms with E-state index in [2.05, 4.69) is 0 Å². The van der Waals surface area contributed by atoms with Crippen LogP contribution in [-0.4, -0.2) is 11.6 Å². The van der Waals surface area contributed by atoms with E-state index in [0.717, 1.165) is 18.4 Å². The van der Waals surface area contributed by atoms with Crippen molar-refractivity contribution in [1.82, 2.24) is 0 Å². The molecule has 0 amide bonds. The lowest BCUT2D eigenvalue weighted by atomic mass is 9.79. The van der Waals surface area contributed by atoms with Gasteiger partial charge in [-0.15, -0.1) is 0 Å². The molecule has 0 aromatic rings. The summed E-state index contributed by atoms with van der Waals surface area (Å²) in [6.45, 7) is 7.47. The fraction of sp³-hybridized carbons (Fsp3) is 0.667. The molecular formula is C12H18O2. The summed E-state index contributed by atoms with van der Waals surface area (Å²) in [5.74, 6) is 0.0355. The Hall–Kier alpha value is -0.920. The van der Waals surface area contributed by atoms with Crippen LogP contribution in [0.4, 0.5) is 0 Å². The first kappa shape index (κ1) is 11.2. The summed E-state index contributed by atoms with van der Waals surface area (Å²) >= 11 is 0. The number of ketones is 2. The van der Waals surface area contributed by atoms with Crippen LogP contribution < -0.4 is 0 Å². The molecule has 0 unspecified atom stereocenters. The Kier molecular flexibility index (Phi) is 2.93. The molecule has 0 N–H and O–H groups in total. The van der Waals surface area contributed by atoms with Crippen molar-refractivity contribution in [3.8, 4) is 0 Å². The minimum absolute atomic E-state index is 0.000278. The molecule has 0 saturated carbocycles.